The fourth-order valence-corrected chi connectivity index (χ4v) is 1.97. The summed E-state index contributed by atoms with van der Waals surface area (Å²) in [5.74, 6) is -0.538. The molecule has 0 spiro atoms. The number of nitrogens with zero attached hydrogens (tertiary/aromatic N) is 2. The predicted octanol–water partition coefficient (Wildman–Crippen LogP) is 3.86. The number of nitro groups is 1. The Morgan fingerprint density at radius 1 is 1.33 bits per heavy atom. The molecule has 2 rings (SSSR count). The zero-order valence-electron chi connectivity index (χ0n) is 10.8. The summed E-state index contributed by atoms with van der Waals surface area (Å²) >= 11 is 11.6. The number of nitrogens with one attached hydrogen (secondary N) is 1. The van der Waals surface area contributed by atoms with Gasteiger partial charge in [-0.1, -0.05) is 23.2 Å². The molecule has 0 fully saturated rings. The number of carbonyl (C=O) groups excluding carboxylic acids is 1. The van der Waals surface area contributed by atoms with E-state index < -0.39 is 10.8 Å². The molecular weight excluding hydrogens is 317 g/mol. The maximum absolute atomic E-state index is 12.1. The van der Waals surface area contributed by atoms with Gasteiger partial charge in [-0.3, -0.25) is 14.9 Å². The Bertz CT molecular complexity index is 735. The van der Waals surface area contributed by atoms with E-state index in [1.807, 2.05) is 0 Å². The lowest BCUT2D eigenvalue weighted by molar-refractivity contribution is -0.384. The number of aromatic nitrogens is 1. The zero-order valence-corrected chi connectivity index (χ0v) is 12.3. The molecule has 0 atom stereocenters. The van der Waals surface area contributed by atoms with Crippen LogP contribution in [0, 0.1) is 17.0 Å². The molecule has 1 N–H and O–H groups in total. The first-order valence-corrected chi connectivity index (χ1v) is 6.51. The van der Waals surface area contributed by atoms with Gasteiger partial charge in [-0.05, 0) is 30.7 Å². The minimum atomic E-state index is -0.652. The molecule has 0 saturated carbocycles. The first-order chi connectivity index (χ1) is 9.88. The van der Waals surface area contributed by atoms with Gasteiger partial charge in [0.1, 0.15) is 5.02 Å². The van der Waals surface area contributed by atoms with Crippen molar-refractivity contribution in [1.82, 2.24) is 4.98 Å². The molecule has 0 aliphatic rings. The summed E-state index contributed by atoms with van der Waals surface area (Å²) in [7, 11) is 0. The molecule has 108 valence electrons. The van der Waals surface area contributed by atoms with Crippen molar-refractivity contribution < 1.29 is 9.72 Å². The largest absolute Gasteiger partial charge is 0.319 e. The monoisotopic (exact) mass is 325 g/mol. The first kappa shape index (κ1) is 15.2. The van der Waals surface area contributed by atoms with Gasteiger partial charge in [-0.25, -0.2) is 4.98 Å². The Hall–Kier alpha value is -2.18. The van der Waals surface area contributed by atoms with Crippen molar-refractivity contribution in [1.29, 1.82) is 0 Å². The number of amides is 1. The average Bonchev–Trinajstić information content (AvgIpc) is 2.43. The fraction of sp³-hybridized carbons (Fsp3) is 0.0769. The minimum Gasteiger partial charge on any atom is -0.319 e. The van der Waals surface area contributed by atoms with Gasteiger partial charge in [0.15, 0.2) is 5.15 Å². The Labute approximate surface area is 129 Å². The molecule has 0 radical (unpaired) electrons. The minimum absolute atomic E-state index is 0.0354. The van der Waals surface area contributed by atoms with Crippen molar-refractivity contribution in [3.63, 3.8) is 0 Å². The number of pyridine rings is 1. The Kier molecular flexibility index (Phi) is 4.40. The molecule has 1 aromatic carbocycles. The number of benzene rings is 1. The van der Waals surface area contributed by atoms with Crippen LogP contribution < -0.4 is 5.32 Å². The lowest BCUT2D eigenvalue weighted by Gasteiger charge is -2.07. The Morgan fingerprint density at radius 3 is 2.71 bits per heavy atom. The molecule has 1 aromatic heterocycles. The maximum Gasteiger partial charge on any atom is 0.288 e. The van der Waals surface area contributed by atoms with Crippen LogP contribution in [0.4, 0.5) is 11.4 Å². The van der Waals surface area contributed by atoms with E-state index in [-0.39, 0.29) is 21.4 Å². The maximum atomic E-state index is 12.1. The molecule has 0 aliphatic heterocycles. The molecule has 8 heteroatoms. The van der Waals surface area contributed by atoms with Gasteiger partial charge >= 0.3 is 0 Å². The number of nitro benzene ring substituents is 1. The average molecular weight is 326 g/mol. The van der Waals surface area contributed by atoms with E-state index in [1.54, 1.807) is 19.2 Å². The van der Waals surface area contributed by atoms with Gasteiger partial charge in [0, 0.05) is 17.8 Å². The van der Waals surface area contributed by atoms with E-state index in [4.69, 9.17) is 23.2 Å². The smallest absolute Gasteiger partial charge is 0.288 e. The molecule has 1 heterocycles. The van der Waals surface area contributed by atoms with Gasteiger partial charge in [0.2, 0.25) is 0 Å². The molecule has 1 amide bonds. The normalized spacial score (nSPS) is 10.2. The summed E-state index contributed by atoms with van der Waals surface area (Å²) in [5, 5.41) is 13.5. The second-order valence-electron chi connectivity index (χ2n) is 4.23. The van der Waals surface area contributed by atoms with Crippen molar-refractivity contribution >= 4 is 40.5 Å². The summed E-state index contributed by atoms with van der Waals surface area (Å²) in [4.78, 5) is 26.2. The third-order valence-corrected chi connectivity index (χ3v) is 3.25. The molecular formula is C13H9Cl2N3O3. The molecule has 2 aromatic rings. The summed E-state index contributed by atoms with van der Waals surface area (Å²) in [6.45, 7) is 1.80. The number of carbonyl (C=O) groups is 1. The Balaban J connectivity index is 2.30. The third kappa shape index (κ3) is 3.48. The van der Waals surface area contributed by atoms with Crippen LogP contribution >= 0.6 is 23.2 Å². The van der Waals surface area contributed by atoms with Gasteiger partial charge in [-0.2, -0.15) is 0 Å². The highest BCUT2D eigenvalue weighted by atomic mass is 35.5. The lowest BCUT2D eigenvalue weighted by Crippen LogP contribution is -2.13. The van der Waals surface area contributed by atoms with Crippen molar-refractivity contribution in [3.8, 4) is 0 Å². The number of hydrogen-bond donors (Lipinski definition) is 1. The van der Waals surface area contributed by atoms with Crippen LogP contribution in [0.1, 0.15) is 15.9 Å². The van der Waals surface area contributed by atoms with Crippen LogP contribution in [0.5, 0.6) is 0 Å². The van der Waals surface area contributed by atoms with Crippen molar-refractivity contribution in [3.05, 3.63) is 61.9 Å². The van der Waals surface area contributed by atoms with Crippen LogP contribution in [0.15, 0.2) is 30.5 Å². The van der Waals surface area contributed by atoms with Gasteiger partial charge < -0.3 is 5.32 Å². The quantitative estimate of drug-likeness (QED) is 0.527. The molecule has 0 unspecified atom stereocenters. The van der Waals surface area contributed by atoms with Crippen LogP contribution in [0.2, 0.25) is 10.2 Å². The topological polar surface area (TPSA) is 85.1 Å². The number of halogens is 2. The molecule has 0 saturated heterocycles. The van der Waals surface area contributed by atoms with E-state index in [2.05, 4.69) is 10.3 Å². The van der Waals surface area contributed by atoms with Gasteiger partial charge in [0.25, 0.3) is 11.6 Å². The predicted molar refractivity (Wildman–Crippen MR) is 80.0 cm³/mol. The van der Waals surface area contributed by atoms with E-state index in [0.717, 1.165) is 11.6 Å². The highest BCUT2D eigenvalue weighted by Crippen LogP contribution is 2.26. The molecule has 0 bridgehead atoms. The van der Waals surface area contributed by atoms with Gasteiger partial charge in [-0.15, -0.1) is 0 Å². The highest BCUT2D eigenvalue weighted by Gasteiger charge is 2.17. The first-order valence-electron chi connectivity index (χ1n) is 5.76. The Morgan fingerprint density at radius 2 is 2.05 bits per heavy atom. The zero-order chi connectivity index (χ0) is 15.6. The van der Waals surface area contributed by atoms with Crippen LogP contribution in [0.3, 0.4) is 0 Å². The number of aryl methyl sites for hydroxylation is 1. The van der Waals surface area contributed by atoms with E-state index >= 15 is 0 Å². The van der Waals surface area contributed by atoms with Crippen molar-refractivity contribution in [2.45, 2.75) is 6.92 Å². The van der Waals surface area contributed by atoms with Crippen LogP contribution in [0.25, 0.3) is 0 Å². The summed E-state index contributed by atoms with van der Waals surface area (Å²) in [5.41, 5.74) is 0.914. The van der Waals surface area contributed by atoms with Gasteiger partial charge in [0.05, 0.1) is 10.6 Å². The second kappa shape index (κ2) is 6.07. The second-order valence-corrected chi connectivity index (χ2v) is 4.99. The highest BCUT2D eigenvalue weighted by molar-refractivity contribution is 6.33. The fourth-order valence-electron chi connectivity index (χ4n) is 1.63. The number of anilines is 1. The van der Waals surface area contributed by atoms with Crippen molar-refractivity contribution in [2.75, 3.05) is 5.32 Å². The molecule has 0 aliphatic carbocycles. The number of rotatable bonds is 3. The van der Waals surface area contributed by atoms with Crippen LogP contribution in [-0.4, -0.2) is 15.8 Å². The van der Waals surface area contributed by atoms with E-state index in [0.29, 0.717) is 5.69 Å². The van der Waals surface area contributed by atoms with E-state index in [1.165, 1.54) is 12.1 Å². The summed E-state index contributed by atoms with van der Waals surface area (Å²) in [6.07, 6.45) is 1.56. The van der Waals surface area contributed by atoms with E-state index in [9.17, 15) is 14.9 Å². The number of hydrogen-bond acceptors (Lipinski definition) is 4. The molecule has 6 nitrogen and oxygen atoms in total. The van der Waals surface area contributed by atoms with Crippen LogP contribution in [-0.2, 0) is 0 Å². The summed E-state index contributed by atoms with van der Waals surface area (Å²) < 4.78 is 0. The lowest BCUT2D eigenvalue weighted by atomic mass is 10.2. The summed E-state index contributed by atoms with van der Waals surface area (Å²) in [6, 6.07) is 5.44. The third-order valence-electron chi connectivity index (χ3n) is 2.63. The van der Waals surface area contributed by atoms with Crippen molar-refractivity contribution in [2.24, 2.45) is 0 Å². The molecule has 21 heavy (non-hydrogen) atoms. The standard InChI is InChI=1S/C13H9Cl2N3O3/c1-7-4-10(12(15)16-6-7)17-13(19)8-2-3-9(14)11(5-8)18(20)21/h2-6H,1H3,(H,17,19). The SMILES string of the molecule is Cc1cnc(Cl)c(NC(=O)c2ccc(Cl)c([N+](=O)[O-])c2)c1.